The topological polar surface area (TPSA) is 148 Å². The highest BCUT2D eigenvalue weighted by Gasteiger charge is 2.25. The molecule has 186 valence electrons. The first-order valence-corrected chi connectivity index (χ1v) is 11.4. The largest absolute Gasteiger partial charge is 0.462 e. The average Bonchev–Trinajstić information content (AvgIpc) is 3.50. The molecule has 3 aromatic heterocycles. The van der Waals surface area contributed by atoms with Crippen molar-refractivity contribution in [2.24, 2.45) is 0 Å². The van der Waals surface area contributed by atoms with Crippen LogP contribution in [0.3, 0.4) is 0 Å². The van der Waals surface area contributed by atoms with Crippen molar-refractivity contribution in [2.45, 2.75) is 20.5 Å². The van der Waals surface area contributed by atoms with Gasteiger partial charge in [-0.2, -0.15) is 4.98 Å². The number of hydrogen-bond acceptors (Lipinski definition) is 10. The summed E-state index contributed by atoms with van der Waals surface area (Å²) < 4.78 is 17.6. The van der Waals surface area contributed by atoms with E-state index >= 15 is 0 Å². The van der Waals surface area contributed by atoms with E-state index in [-0.39, 0.29) is 47.3 Å². The minimum atomic E-state index is -0.767. The molecule has 0 saturated heterocycles. The van der Waals surface area contributed by atoms with Crippen LogP contribution in [0.5, 0.6) is 0 Å². The fourth-order valence-corrected chi connectivity index (χ4v) is 3.81. The van der Waals surface area contributed by atoms with Gasteiger partial charge in [-0.15, -0.1) is 5.10 Å². The summed E-state index contributed by atoms with van der Waals surface area (Å²) in [5.74, 6) is -0.595. The second-order valence-electron chi connectivity index (χ2n) is 7.91. The summed E-state index contributed by atoms with van der Waals surface area (Å²) in [5.41, 5.74) is 7.87. The molecule has 0 aliphatic rings. The molecule has 0 radical (unpaired) electrons. The van der Waals surface area contributed by atoms with Gasteiger partial charge in [0.25, 0.3) is 5.82 Å². The quantitative estimate of drug-likeness (QED) is 0.328. The zero-order valence-electron chi connectivity index (χ0n) is 20.0. The van der Waals surface area contributed by atoms with Crippen molar-refractivity contribution >= 4 is 28.9 Å². The van der Waals surface area contributed by atoms with Gasteiger partial charge >= 0.3 is 11.9 Å². The maximum absolute atomic E-state index is 12.9. The molecule has 11 heteroatoms. The van der Waals surface area contributed by atoms with E-state index in [9.17, 15) is 9.59 Å². The van der Waals surface area contributed by atoms with Gasteiger partial charge in [0.2, 0.25) is 5.71 Å². The second-order valence-corrected chi connectivity index (χ2v) is 7.91. The summed E-state index contributed by atoms with van der Waals surface area (Å²) in [6.07, 6.45) is 0. The predicted octanol–water partition coefficient (Wildman–Crippen LogP) is 3.89. The minimum Gasteiger partial charge on any atom is -0.462 e. The van der Waals surface area contributed by atoms with E-state index in [0.29, 0.717) is 11.6 Å². The summed E-state index contributed by atoms with van der Waals surface area (Å²) in [6, 6.07) is 18.7. The van der Waals surface area contributed by atoms with E-state index in [1.807, 2.05) is 60.7 Å². The SMILES string of the molecule is CCOC(=O)c1c(C)oc2nc(COC(=O)c3nc(-c4ccccc4)n(-c4ccccc4)n3)nc(N)c12. The lowest BCUT2D eigenvalue weighted by Gasteiger charge is -2.05. The molecule has 5 rings (SSSR count). The Hall–Kier alpha value is -5.06. The number of carbonyl (C=O) groups is 2. The lowest BCUT2D eigenvalue weighted by Crippen LogP contribution is -2.11. The maximum atomic E-state index is 12.9. The molecule has 0 bridgehead atoms. The number of furan rings is 1. The fraction of sp³-hybridized carbons (Fsp3) is 0.154. The minimum absolute atomic E-state index is 0.00814. The highest BCUT2D eigenvalue weighted by atomic mass is 16.5. The molecule has 11 nitrogen and oxygen atoms in total. The van der Waals surface area contributed by atoms with Gasteiger partial charge < -0.3 is 19.6 Å². The molecule has 2 aromatic carbocycles. The van der Waals surface area contributed by atoms with E-state index < -0.39 is 11.9 Å². The Morgan fingerprint density at radius 1 is 0.946 bits per heavy atom. The number of ether oxygens (including phenoxy) is 2. The number of anilines is 1. The summed E-state index contributed by atoms with van der Waals surface area (Å²) in [7, 11) is 0. The van der Waals surface area contributed by atoms with Crippen LogP contribution in [0.4, 0.5) is 5.82 Å². The number of aromatic nitrogens is 5. The molecule has 0 spiro atoms. The van der Waals surface area contributed by atoms with Crippen molar-refractivity contribution in [1.82, 2.24) is 24.7 Å². The van der Waals surface area contributed by atoms with Gasteiger partial charge in [0, 0.05) is 5.56 Å². The van der Waals surface area contributed by atoms with Gasteiger partial charge in [-0.25, -0.2) is 24.2 Å². The first-order chi connectivity index (χ1) is 18.0. The van der Waals surface area contributed by atoms with Crippen LogP contribution in [-0.2, 0) is 16.1 Å². The first-order valence-electron chi connectivity index (χ1n) is 11.4. The third-order valence-electron chi connectivity index (χ3n) is 5.44. The molecule has 3 heterocycles. The van der Waals surface area contributed by atoms with Crippen LogP contribution in [0.15, 0.2) is 65.1 Å². The van der Waals surface area contributed by atoms with Crippen LogP contribution in [0.2, 0.25) is 0 Å². The summed E-state index contributed by atoms with van der Waals surface area (Å²) in [6.45, 7) is 3.18. The molecule has 37 heavy (non-hydrogen) atoms. The van der Waals surface area contributed by atoms with Crippen molar-refractivity contribution in [1.29, 1.82) is 0 Å². The van der Waals surface area contributed by atoms with E-state index in [0.717, 1.165) is 11.3 Å². The monoisotopic (exact) mass is 498 g/mol. The number of nitrogens with two attached hydrogens (primary N) is 1. The second kappa shape index (κ2) is 9.90. The predicted molar refractivity (Wildman–Crippen MR) is 133 cm³/mol. The van der Waals surface area contributed by atoms with Crippen LogP contribution in [0.25, 0.3) is 28.2 Å². The van der Waals surface area contributed by atoms with Crippen molar-refractivity contribution in [2.75, 3.05) is 12.3 Å². The lowest BCUT2D eigenvalue weighted by molar-refractivity contribution is 0.0447. The molecular formula is C26H22N6O5. The zero-order valence-corrected chi connectivity index (χ0v) is 20.0. The highest BCUT2D eigenvalue weighted by Crippen LogP contribution is 2.29. The van der Waals surface area contributed by atoms with Crippen LogP contribution in [0, 0.1) is 6.92 Å². The third kappa shape index (κ3) is 4.61. The van der Waals surface area contributed by atoms with Crippen LogP contribution >= 0.6 is 0 Å². The Bertz CT molecular complexity index is 1540. The highest BCUT2D eigenvalue weighted by molar-refractivity contribution is 6.07. The van der Waals surface area contributed by atoms with Gasteiger partial charge in [-0.1, -0.05) is 48.5 Å². The van der Waals surface area contributed by atoms with Gasteiger partial charge in [0.1, 0.15) is 17.1 Å². The number of carbonyl (C=O) groups excluding carboxylic acids is 2. The summed E-state index contributed by atoms with van der Waals surface area (Å²) >= 11 is 0. The number of hydrogen-bond donors (Lipinski definition) is 1. The Balaban J connectivity index is 1.41. The zero-order chi connectivity index (χ0) is 25.9. The Labute approximate surface area is 210 Å². The number of fused-ring (bicyclic) bond motifs is 1. The molecule has 0 unspecified atom stereocenters. The summed E-state index contributed by atoms with van der Waals surface area (Å²) in [4.78, 5) is 38.0. The van der Waals surface area contributed by atoms with Crippen molar-refractivity contribution < 1.29 is 23.5 Å². The average molecular weight is 498 g/mol. The van der Waals surface area contributed by atoms with Crippen LogP contribution in [0.1, 0.15) is 39.5 Å². The molecule has 0 amide bonds. The van der Waals surface area contributed by atoms with E-state index in [2.05, 4.69) is 20.1 Å². The smallest absolute Gasteiger partial charge is 0.378 e. The molecule has 0 fully saturated rings. The first kappa shape index (κ1) is 23.7. The Morgan fingerprint density at radius 2 is 1.65 bits per heavy atom. The number of aryl methyl sites for hydroxylation is 1. The van der Waals surface area contributed by atoms with Crippen molar-refractivity contribution in [3.63, 3.8) is 0 Å². The molecule has 0 atom stereocenters. The normalized spacial score (nSPS) is 11.0. The molecule has 0 aliphatic carbocycles. The van der Waals surface area contributed by atoms with Gasteiger partial charge in [0.05, 0.1) is 17.7 Å². The number of rotatable bonds is 7. The number of nitrogens with zero attached hydrogens (tertiary/aromatic N) is 5. The van der Waals surface area contributed by atoms with Crippen LogP contribution in [-0.4, -0.2) is 43.3 Å². The Kier molecular flexibility index (Phi) is 6.33. The third-order valence-corrected chi connectivity index (χ3v) is 5.44. The van der Waals surface area contributed by atoms with Crippen molar-refractivity contribution in [3.05, 3.63) is 83.6 Å². The van der Waals surface area contributed by atoms with Crippen LogP contribution < -0.4 is 5.73 Å². The Morgan fingerprint density at radius 3 is 2.35 bits per heavy atom. The molecule has 2 N–H and O–H groups in total. The number of para-hydroxylation sites is 1. The van der Waals surface area contributed by atoms with E-state index in [1.54, 1.807) is 18.5 Å². The maximum Gasteiger partial charge on any atom is 0.378 e. The number of nitrogen functional groups attached to an aromatic ring is 1. The van der Waals surface area contributed by atoms with E-state index in [1.165, 1.54) is 0 Å². The summed E-state index contributed by atoms with van der Waals surface area (Å²) in [5, 5.41) is 4.64. The molecule has 0 aliphatic heterocycles. The molecular weight excluding hydrogens is 476 g/mol. The number of esters is 2. The molecule has 5 aromatic rings. The van der Waals surface area contributed by atoms with Gasteiger partial charge in [-0.05, 0) is 26.0 Å². The standard InChI is InChI=1S/C26H22N6O5/c1-3-35-25(33)19-15(2)37-24-20(19)21(27)28-18(29-24)14-36-26(34)22-30-23(16-10-6-4-7-11-16)32(31-22)17-12-8-5-9-13-17/h4-13H,3,14H2,1-2H3,(H2,27,28,29). The number of benzene rings is 2. The van der Waals surface area contributed by atoms with Gasteiger partial charge in [0.15, 0.2) is 18.3 Å². The van der Waals surface area contributed by atoms with Gasteiger partial charge in [-0.3, -0.25) is 0 Å². The van der Waals surface area contributed by atoms with Crippen molar-refractivity contribution in [3.8, 4) is 17.1 Å². The fourth-order valence-electron chi connectivity index (χ4n) is 3.81. The van der Waals surface area contributed by atoms with E-state index in [4.69, 9.17) is 19.6 Å². The molecule has 0 saturated carbocycles. The lowest BCUT2D eigenvalue weighted by atomic mass is 10.2.